The van der Waals surface area contributed by atoms with E-state index in [1.165, 1.54) is 4.90 Å². The molecule has 0 bridgehead atoms. The van der Waals surface area contributed by atoms with Gasteiger partial charge in [0.15, 0.2) is 5.76 Å². The molecular formula is C24H28N4O4. The summed E-state index contributed by atoms with van der Waals surface area (Å²) in [5.41, 5.74) is 2.64. The Kier molecular flexibility index (Phi) is 5.64. The molecular weight excluding hydrogens is 408 g/mol. The summed E-state index contributed by atoms with van der Waals surface area (Å²) in [6.45, 7) is 6.65. The summed E-state index contributed by atoms with van der Waals surface area (Å²) < 4.78 is 7.59. The second-order valence-corrected chi connectivity index (χ2v) is 8.53. The highest BCUT2D eigenvalue weighted by Crippen LogP contribution is 2.40. The Labute approximate surface area is 186 Å². The molecule has 4 heterocycles. The molecule has 0 aromatic carbocycles. The third-order valence-corrected chi connectivity index (χ3v) is 5.82. The van der Waals surface area contributed by atoms with Crippen LogP contribution in [0.3, 0.4) is 0 Å². The molecule has 168 valence electrons. The number of ketones is 1. The predicted molar refractivity (Wildman–Crippen MR) is 120 cm³/mol. The van der Waals surface area contributed by atoms with Crippen LogP contribution in [0.4, 0.5) is 0 Å². The van der Waals surface area contributed by atoms with Crippen LogP contribution in [0.5, 0.6) is 0 Å². The minimum Gasteiger partial charge on any atom is -0.505 e. The molecule has 32 heavy (non-hydrogen) atoms. The van der Waals surface area contributed by atoms with Crippen LogP contribution in [-0.4, -0.2) is 63.2 Å². The fraction of sp³-hybridized carbons (Fsp3) is 0.375. The summed E-state index contributed by atoms with van der Waals surface area (Å²) in [4.78, 5) is 34.3. The van der Waals surface area contributed by atoms with Crippen molar-refractivity contribution in [2.45, 2.75) is 33.2 Å². The summed E-state index contributed by atoms with van der Waals surface area (Å²) >= 11 is 0. The highest BCUT2D eigenvalue weighted by atomic mass is 16.3. The van der Waals surface area contributed by atoms with Gasteiger partial charge in [-0.3, -0.25) is 14.0 Å². The van der Waals surface area contributed by atoms with Crippen LogP contribution in [0.25, 0.3) is 11.4 Å². The Hall–Kier alpha value is -3.39. The van der Waals surface area contributed by atoms with Crippen molar-refractivity contribution in [3.63, 3.8) is 0 Å². The van der Waals surface area contributed by atoms with Crippen molar-refractivity contribution in [2.75, 3.05) is 27.2 Å². The fourth-order valence-electron chi connectivity index (χ4n) is 4.29. The van der Waals surface area contributed by atoms with Gasteiger partial charge in [0.2, 0.25) is 0 Å². The zero-order chi connectivity index (χ0) is 23.2. The number of aryl methyl sites for hydroxylation is 3. The lowest BCUT2D eigenvalue weighted by atomic mass is 10.0. The lowest BCUT2D eigenvalue weighted by Crippen LogP contribution is -2.32. The molecule has 3 aromatic heterocycles. The first-order valence-electron chi connectivity index (χ1n) is 10.6. The topological polar surface area (TPSA) is 91.3 Å². The van der Waals surface area contributed by atoms with Crippen LogP contribution in [-0.2, 0) is 9.59 Å². The van der Waals surface area contributed by atoms with E-state index in [4.69, 9.17) is 4.42 Å². The number of likely N-dealkylation sites (tertiary alicyclic amines) is 1. The number of carbonyl (C=O) groups is 2. The molecule has 1 aliphatic heterocycles. The molecule has 8 nitrogen and oxygen atoms in total. The van der Waals surface area contributed by atoms with Gasteiger partial charge in [0.25, 0.3) is 11.7 Å². The molecule has 8 heteroatoms. The van der Waals surface area contributed by atoms with Crippen LogP contribution >= 0.6 is 0 Å². The van der Waals surface area contributed by atoms with E-state index in [1.807, 2.05) is 38.1 Å². The van der Waals surface area contributed by atoms with Crippen LogP contribution in [0.1, 0.15) is 40.9 Å². The number of furan rings is 1. The molecule has 4 rings (SSSR count). The van der Waals surface area contributed by atoms with E-state index >= 15 is 0 Å². The van der Waals surface area contributed by atoms with Crippen LogP contribution in [0.2, 0.25) is 0 Å². The van der Waals surface area contributed by atoms with Crippen molar-refractivity contribution >= 4 is 23.1 Å². The lowest BCUT2D eigenvalue weighted by molar-refractivity contribution is -0.140. The second-order valence-electron chi connectivity index (χ2n) is 8.53. The highest BCUT2D eigenvalue weighted by molar-refractivity contribution is 6.46. The number of nitrogens with zero attached hydrogens (tertiary/aromatic N) is 4. The zero-order valence-electron chi connectivity index (χ0n) is 19.0. The molecule has 0 spiro atoms. The minimum atomic E-state index is -0.791. The van der Waals surface area contributed by atoms with Gasteiger partial charge in [-0.2, -0.15) is 0 Å². The quantitative estimate of drug-likeness (QED) is 0.362. The van der Waals surface area contributed by atoms with Crippen molar-refractivity contribution in [1.29, 1.82) is 0 Å². The van der Waals surface area contributed by atoms with Gasteiger partial charge in [-0.1, -0.05) is 6.07 Å². The number of pyridine rings is 1. The van der Waals surface area contributed by atoms with Gasteiger partial charge < -0.3 is 19.3 Å². The Balaban J connectivity index is 1.88. The average Bonchev–Trinajstić information content (AvgIpc) is 3.37. The van der Waals surface area contributed by atoms with Crippen molar-refractivity contribution in [3.8, 4) is 0 Å². The van der Waals surface area contributed by atoms with Gasteiger partial charge in [-0.05, 0) is 71.6 Å². The van der Waals surface area contributed by atoms with Crippen molar-refractivity contribution in [1.82, 2.24) is 19.2 Å². The number of imidazole rings is 1. The molecule has 3 aromatic rings. The number of amides is 1. The third-order valence-electron chi connectivity index (χ3n) is 5.82. The van der Waals surface area contributed by atoms with E-state index in [0.717, 1.165) is 12.1 Å². The maximum Gasteiger partial charge on any atom is 0.295 e. The first-order chi connectivity index (χ1) is 15.2. The number of Topliss-reactive ketones (excluding diaryl/α,β-unsaturated/α-hetero) is 1. The maximum absolute atomic E-state index is 13.2. The van der Waals surface area contributed by atoms with Crippen molar-refractivity contribution in [2.24, 2.45) is 0 Å². The zero-order valence-corrected chi connectivity index (χ0v) is 19.0. The van der Waals surface area contributed by atoms with E-state index in [0.29, 0.717) is 41.5 Å². The molecule has 1 atom stereocenters. The van der Waals surface area contributed by atoms with Crippen LogP contribution in [0, 0.1) is 20.8 Å². The monoisotopic (exact) mass is 436 g/mol. The summed E-state index contributed by atoms with van der Waals surface area (Å²) in [5.74, 6) is -0.468. The molecule has 1 amide bonds. The van der Waals surface area contributed by atoms with Gasteiger partial charge >= 0.3 is 0 Å². The standard InChI is InChI=1S/C24H28N4O4/c1-14-8-6-12-27-19(16(3)25-23(14)27)21(29)18-20(17-10-9-15(2)32-17)28(24(31)22(18)30)13-7-11-26(4)5/h6,8-10,12,20,29H,7,11,13H2,1-5H3/b21-18+/t20-/m1/s1. The molecule has 0 saturated carbocycles. The van der Waals surface area contributed by atoms with Gasteiger partial charge in [0.1, 0.15) is 28.9 Å². The van der Waals surface area contributed by atoms with E-state index in [-0.39, 0.29) is 11.3 Å². The number of rotatable bonds is 6. The van der Waals surface area contributed by atoms with Gasteiger partial charge in [0.05, 0.1) is 11.3 Å². The van der Waals surface area contributed by atoms with E-state index in [1.54, 1.807) is 36.6 Å². The second kappa shape index (κ2) is 8.27. The van der Waals surface area contributed by atoms with Crippen LogP contribution < -0.4 is 0 Å². The largest absolute Gasteiger partial charge is 0.505 e. The molecule has 1 fully saturated rings. The Morgan fingerprint density at radius 2 is 1.94 bits per heavy atom. The van der Waals surface area contributed by atoms with Crippen molar-refractivity contribution in [3.05, 3.63) is 64.5 Å². The molecule has 0 radical (unpaired) electrons. The Morgan fingerprint density at radius 3 is 2.59 bits per heavy atom. The minimum absolute atomic E-state index is 0.0283. The van der Waals surface area contributed by atoms with Gasteiger partial charge in [0, 0.05) is 12.7 Å². The van der Waals surface area contributed by atoms with E-state index in [2.05, 4.69) is 4.98 Å². The van der Waals surface area contributed by atoms with Gasteiger partial charge in [-0.15, -0.1) is 0 Å². The highest BCUT2D eigenvalue weighted by Gasteiger charge is 2.47. The average molecular weight is 437 g/mol. The molecule has 0 unspecified atom stereocenters. The predicted octanol–water partition coefficient (Wildman–Crippen LogP) is 3.23. The first kappa shape index (κ1) is 21.8. The molecule has 1 aliphatic rings. The van der Waals surface area contributed by atoms with E-state index < -0.39 is 17.7 Å². The number of fused-ring (bicyclic) bond motifs is 1. The molecule has 1 saturated heterocycles. The summed E-state index contributed by atoms with van der Waals surface area (Å²) in [6, 6.07) is 6.54. The number of hydrogen-bond acceptors (Lipinski definition) is 6. The normalized spacial score (nSPS) is 18.4. The number of aromatic nitrogens is 2. The smallest absolute Gasteiger partial charge is 0.295 e. The Morgan fingerprint density at radius 1 is 1.19 bits per heavy atom. The third kappa shape index (κ3) is 3.60. The SMILES string of the molecule is Cc1ccc([C@@H]2/C(=C(\O)c3c(C)nc4c(C)cccn34)C(=O)C(=O)N2CCCN(C)C)o1. The van der Waals surface area contributed by atoms with Gasteiger partial charge in [-0.25, -0.2) is 4.98 Å². The number of hydrogen-bond donors (Lipinski definition) is 1. The summed E-state index contributed by atoms with van der Waals surface area (Å²) in [7, 11) is 3.91. The van der Waals surface area contributed by atoms with Crippen molar-refractivity contribution < 1.29 is 19.1 Å². The fourth-order valence-corrected chi connectivity index (χ4v) is 4.29. The number of aliphatic hydroxyl groups excluding tert-OH is 1. The maximum atomic E-state index is 13.2. The number of aliphatic hydroxyl groups is 1. The van der Waals surface area contributed by atoms with E-state index in [9.17, 15) is 14.7 Å². The number of carbonyl (C=O) groups excluding carboxylic acids is 2. The molecule has 1 N–H and O–H groups in total. The molecule has 0 aliphatic carbocycles. The van der Waals surface area contributed by atoms with Crippen LogP contribution in [0.15, 0.2) is 40.5 Å². The first-order valence-corrected chi connectivity index (χ1v) is 10.6. The Bertz CT molecular complexity index is 1230. The lowest BCUT2D eigenvalue weighted by Gasteiger charge is -2.24. The summed E-state index contributed by atoms with van der Waals surface area (Å²) in [5, 5.41) is 11.4. The summed E-state index contributed by atoms with van der Waals surface area (Å²) in [6.07, 6.45) is 2.47.